The number of hydrogen-bond acceptors (Lipinski definition) is 4. The lowest BCUT2D eigenvalue weighted by Crippen LogP contribution is -2.43. The van der Waals surface area contributed by atoms with Gasteiger partial charge in [-0.1, -0.05) is 18.2 Å². The number of carbonyl (C=O) groups is 2. The zero-order valence-electron chi connectivity index (χ0n) is 12.6. The molecule has 0 fully saturated rings. The van der Waals surface area contributed by atoms with Crippen molar-refractivity contribution in [2.45, 2.75) is 18.0 Å². The molecular formula is C17H17N3O2S. The molecule has 1 aromatic heterocycles. The van der Waals surface area contributed by atoms with Gasteiger partial charge in [-0.05, 0) is 29.3 Å². The molecule has 1 aromatic carbocycles. The minimum Gasteiger partial charge on any atom is -0.344 e. The van der Waals surface area contributed by atoms with E-state index < -0.39 is 11.8 Å². The number of pyridine rings is 1. The first-order valence-corrected chi connectivity index (χ1v) is 8.39. The average molecular weight is 327 g/mol. The smallest absolute Gasteiger partial charge is 0.312 e. The summed E-state index contributed by atoms with van der Waals surface area (Å²) in [4.78, 5) is 31.2. The Hall–Kier alpha value is -2.34. The molecule has 5 nitrogen and oxygen atoms in total. The summed E-state index contributed by atoms with van der Waals surface area (Å²) in [6.07, 6.45) is 3.32. The van der Waals surface area contributed by atoms with Gasteiger partial charge in [0.1, 0.15) is 0 Å². The van der Waals surface area contributed by atoms with E-state index in [0.29, 0.717) is 19.6 Å². The molecule has 2 aromatic rings. The Balaban J connectivity index is 1.62. The third-order valence-electron chi connectivity index (χ3n) is 3.64. The van der Waals surface area contributed by atoms with Crippen LogP contribution >= 0.6 is 11.8 Å². The van der Waals surface area contributed by atoms with E-state index >= 15 is 0 Å². The summed E-state index contributed by atoms with van der Waals surface area (Å²) in [6, 6.07) is 11.6. The van der Waals surface area contributed by atoms with Gasteiger partial charge < -0.3 is 10.2 Å². The monoisotopic (exact) mass is 327 g/mol. The second-order valence-electron chi connectivity index (χ2n) is 5.22. The summed E-state index contributed by atoms with van der Waals surface area (Å²) in [7, 11) is 0. The van der Waals surface area contributed by atoms with Crippen molar-refractivity contribution in [1.82, 2.24) is 15.2 Å². The lowest BCUT2D eigenvalue weighted by Gasteiger charge is -2.19. The predicted molar refractivity (Wildman–Crippen MR) is 88.7 cm³/mol. The van der Waals surface area contributed by atoms with Gasteiger partial charge in [-0.3, -0.25) is 14.6 Å². The Morgan fingerprint density at radius 3 is 2.78 bits per heavy atom. The molecule has 0 saturated carbocycles. The number of hydrogen-bond donors (Lipinski definition) is 1. The first kappa shape index (κ1) is 15.6. The molecule has 0 unspecified atom stereocenters. The van der Waals surface area contributed by atoms with Crippen LogP contribution in [0.25, 0.3) is 0 Å². The Kier molecular flexibility index (Phi) is 4.92. The number of amides is 2. The molecule has 118 valence electrons. The van der Waals surface area contributed by atoms with Crippen molar-refractivity contribution in [3.63, 3.8) is 0 Å². The van der Waals surface area contributed by atoms with Gasteiger partial charge in [0.2, 0.25) is 0 Å². The molecule has 0 radical (unpaired) electrons. The van der Waals surface area contributed by atoms with Gasteiger partial charge >= 0.3 is 11.8 Å². The normalized spacial score (nSPS) is 13.8. The topological polar surface area (TPSA) is 62.3 Å². The van der Waals surface area contributed by atoms with E-state index in [0.717, 1.165) is 16.9 Å². The van der Waals surface area contributed by atoms with Crippen molar-refractivity contribution in [3.8, 4) is 0 Å². The minimum absolute atomic E-state index is 0.326. The highest BCUT2D eigenvalue weighted by atomic mass is 32.2. The number of rotatable bonds is 2. The molecule has 0 saturated heterocycles. The van der Waals surface area contributed by atoms with E-state index in [9.17, 15) is 9.59 Å². The average Bonchev–Trinajstić information content (AvgIpc) is 2.82. The number of aromatic nitrogens is 1. The van der Waals surface area contributed by atoms with Crippen molar-refractivity contribution in [1.29, 1.82) is 0 Å². The summed E-state index contributed by atoms with van der Waals surface area (Å²) >= 11 is 1.72. The van der Waals surface area contributed by atoms with Crippen molar-refractivity contribution >= 4 is 23.6 Å². The fourth-order valence-corrected chi connectivity index (χ4v) is 3.43. The van der Waals surface area contributed by atoms with Gasteiger partial charge in [-0.15, -0.1) is 11.8 Å². The summed E-state index contributed by atoms with van der Waals surface area (Å²) in [5.41, 5.74) is 2.00. The number of carbonyl (C=O) groups excluding carboxylic acids is 2. The highest BCUT2D eigenvalue weighted by molar-refractivity contribution is 7.99. The Morgan fingerprint density at radius 1 is 1.17 bits per heavy atom. The molecule has 0 aliphatic carbocycles. The fraction of sp³-hybridized carbons (Fsp3) is 0.235. The van der Waals surface area contributed by atoms with Crippen LogP contribution in [0, 0.1) is 0 Å². The van der Waals surface area contributed by atoms with Crippen LogP contribution in [0.1, 0.15) is 11.1 Å². The van der Waals surface area contributed by atoms with Gasteiger partial charge in [-0.2, -0.15) is 0 Å². The van der Waals surface area contributed by atoms with Crippen molar-refractivity contribution in [2.75, 3.05) is 12.3 Å². The highest BCUT2D eigenvalue weighted by Gasteiger charge is 2.24. The first-order valence-electron chi connectivity index (χ1n) is 7.41. The van der Waals surface area contributed by atoms with Crippen LogP contribution in [0.2, 0.25) is 0 Å². The standard InChI is InChI=1S/C17H17N3O2S/c21-16(19-11-13-5-7-18-8-6-13)17(22)20-9-10-23-15-4-2-1-3-14(15)12-20/h1-8H,9-12H2,(H,19,21). The molecule has 6 heteroatoms. The fourth-order valence-electron chi connectivity index (χ4n) is 2.40. The third-order valence-corrected chi connectivity index (χ3v) is 4.73. The first-order chi connectivity index (χ1) is 11.2. The van der Waals surface area contributed by atoms with Crippen molar-refractivity contribution in [2.24, 2.45) is 0 Å². The van der Waals surface area contributed by atoms with E-state index in [1.807, 2.05) is 30.3 Å². The Bertz CT molecular complexity index is 706. The van der Waals surface area contributed by atoms with Crippen molar-refractivity contribution in [3.05, 3.63) is 59.9 Å². The van der Waals surface area contributed by atoms with Crippen molar-refractivity contribution < 1.29 is 9.59 Å². The van der Waals surface area contributed by atoms with Crippen LogP contribution in [-0.4, -0.2) is 34.0 Å². The SMILES string of the molecule is O=C(NCc1ccncc1)C(=O)N1CCSc2ccccc2C1. The molecule has 1 aliphatic rings. The van der Waals surface area contributed by atoms with Gasteiger partial charge in [0, 0.05) is 42.7 Å². The van der Waals surface area contributed by atoms with Gasteiger partial charge in [0.05, 0.1) is 0 Å². The molecule has 1 aliphatic heterocycles. The van der Waals surface area contributed by atoms with Crippen LogP contribution < -0.4 is 5.32 Å². The molecular weight excluding hydrogens is 310 g/mol. The number of thioether (sulfide) groups is 1. The molecule has 2 amide bonds. The predicted octanol–water partition coefficient (Wildman–Crippen LogP) is 1.83. The van der Waals surface area contributed by atoms with Crippen LogP contribution in [0.4, 0.5) is 0 Å². The number of nitrogens with zero attached hydrogens (tertiary/aromatic N) is 2. The third kappa shape index (κ3) is 3.90. The Labute approximate surface area is 139 Å². The Morgan fingerprint density at radius 2 is 1.96 bits per heavy atom. The summed E-state index contributed by atoms with van der Waals surface area (Å²) in [5.74, 6) is -0.247. The maximum atomic E-state index is 12.4. The maximum absolute atomic E-state index is 12.4. The number of benzene rings is 1. The van der Waals surface area contributed by atoms with Crippen LogP contribution in [0.15, 0.2) is 53.7 Å². The lowest BCUT2D eigenvalue weighted by atomic mass is 10.2. The molecule has 0 spiro atoms. The molecule has 23 heavy (non-hydrogen) atoms. The summed E-state index contributed by atoms with van der Waals surface area (Å²) in [5, 5.41) is 2.68. The van der Waals surface area contributed by atoms with Gasteiger partial charge in [-0.25, -0.2) is 0 Å². The lowest BCUT2D eigenvalue weighted by molar-refractivity contribution is -0.146. The van der Waals surface area contributed by atoms with E-state index in [1.165, 1.54) is 4.90 Å². The molecule has 0 bridgehead atoms. The largest absolute Gasteiger partial charge is 0.344 e. The molecule has 1 N–H and O–H groups in total. The zero-order valence-corrected chi connectivity index (χ0v) is 13.4. The zero-order chi connectivity index (χ0) is 16.1. The summed E-state index contributed by atoms with van der Waals surface area (Å²) in [6.45, 7) is 1.37. The number of nitrogens with one attached hydrogen (secondary N) is 1. The van der Waals surface area contributed by atoms with E-state index in [1.54, 1.807) is 29.1 Å². The maximum Gasteiger partial charge on any atom is 0.312 e. The van der Waals surface area contributed by atoms with Gasteiger partial charge in [0.15, 0.2) is 0 Å². The second kappa shape index (κ2) is 7.28. The number of fused-ring (bicyclic) bond motifs is 1. The highest BCUT2D eigenvalue weighted by Crippen LogP contribution is 2.27. The summed E-state index contributed by atoms with van der Waals surface area (Å²) < 4.78 is 0. The molecule has 3 rings (SSSR count). The van der Waals surface area contributed by atoms with E-state index in [2.05, 4.69) is 16.4 Å². The van der Waals surface area contributed by atoms with Gasteiger partial charge in [0.25, 0.3) is 0 Å². The quantitative estimate of drug-likeness (QED) is 0.855. The van der Waals surface area contributed by atoms with Crippen LogP contribution in [0.3, 0.4) is 0 Å². The van der Waals surface area contributed by atoms with E-state index in [4.69, 9.17) is 0 Å². The second-order valence-corrected chi connectivity index (χ2v) is 6.36. The van der Waals surface area contributed by atoms with Crippen LogP contribution in [-0.2, 0) is 22.7 Å². The van der Waals surface area contributed by atoms with Crippen LogP contribution in [0.5, 0.6) is 0 Å². The van der Waals surface area contributed by atoms with E-state index in [-0.39, 0.29) is 0 Å². The molecule has 0 atom stereocenters. The minimum atomic E-state index is -0.564. The molecule has 2 heterocycles.